The van der Waals surface area contributed by atoms with Crippen LogP contribution in [0.25, 0.3) is 0 Å². The molecule has 1 rings (SSSR count). The first-order valence-corrected chi connectivity index (χ1v) is 11.9. The molecule has 0 saturated carbocycles. The summed E-state index contributed by atoms with van der Waals surface area (Å²) in [6, 6.07) is 11.9. The summed E-state index contributed by atoms with van der Waals surface area (Å²) in [5.74, 6) is 0. The molecule has 0 amide bonds. The minimum Gasteiger partial charge on any atom is -0.405 e. The van der Waals surface area contributed by atoms with Crippen LogP contribution in [-0.4, -0.2) is 27.4 Å². The predicted molar refractivity (Wildman–Crippen MR) is 105 cm³/mol. The number of allylic oxidation sites excluding steroid dienone is 2. The molecule has 0 saturated heterocycles. The third kappa shape index (κ3) is 6.66. The van der Waals surface area contributed by atoms with Crippen molar-refractivity contribution in [1.82, 2.24) is 0 Å². The van der Waals surface area contributed by atoms with Crippen molar-refractivity contribution in [3.8, 4) is 0 Å². The molecular formula is C19H33BO2Si. The van der Waals surface area contributed by atoms with E-state index in [0.29, 0.717) is 0 Å². The van der Waals surface area contributed by atoms with Crippen LogP contribution in [0.1, 0.15) is 41.5 Å². The van der Waals surface area contributed by atoms with E-state index in [-0.39, 0.29) is 19.3 Å². The number of hydrogen-bond acceptors (Lipinski definition) is 2. The van der Waals surface area contributed by atoms with Gasteiger partial charge in [0.2, 0.25) is 0 Å². The van der Waals surface area contributed by atoms with E-state index >= 15 is 0 Å². The van der Waals surface area contributed by atoms with Crippen molar-refractivity contribution in [2.75, 3.05) is 0 Å². The van der Waals surface area contributed by atoms with Gasteiger partial charge in [0.15, 0.2) is 0 Å². The Morgan fingerprint density at radius 2 is 1.43 bits per heavy atom. The summed E-state index contributed by atoms with van der Waals surface area (Å²) >= 11 is 0. The highest BCUT2D eigenvalue weighted by atomic mass is 28.3. The fourth-order valence-electron chi connectivity index (χ4n) is 2.65. The van der Waals surface area contributed by atoms with Crippen molar-refractivity contribution < 1.29 is 9.31 Å². The summed E-state index contributed by atoms with van der Waals surface area (Å²) in [5.41, 5.74) is 2.63. The third-order valence-corrected chi connectivity index (χ3v) is 7.07. The summed E-state index contributed by atoms with van der Waals surface area (Å²) in [6.45, 7) is 17.5. The number of rotatable bonds is 8. The lowest BCUT2D eigenvalue weighted by molar-refractivity contribution is 0.135. The van der Waals surface area contributed by atoms with Crippen molar-refractivity contribution in [3.05, 3.63) is 41.4 Å². The lowest BCUT2D eigenvalue weighted by Gasteiger charge is -2.29. The van der Waals surface area contributed by atoms with E-state index in [1.165, 1.54) is 16.2 Å². The van der Waals surface area contributed by atoms with Crippen molar-refractivity contribution in [2.45, 2.75) is 72.9 Å². The van der Waals surface area contributed by atoms with E-state index in [4.69, 9.17) is 9.31 Å². The molecule has 0 aliphatic rings. The van der Waals surface area contributed by atoms with Crippen molar-refractivity contribution in [3.63, 3.8) is 0 Å². The molecule has 0 fully saturated rings. The molecule has 0 aromatic heterocycles. The van der Waals surface area contributed by atoms with E-state index in [9.17, 15) is 0 Å². The molecule has 0 unspecified atom stereocenters. The Labute approximate surface area is 144 Å². The summed E-state index contributed by atoms with van der Waals surface area (Å²) in [7, 11) is -1.83. The summed E-state index contributed by atoms with van der Waals surface area (Å²) in [5, 5.41) is 1.48. The van der Waals surface area contributed by atoms with Crippen LogP contribution in [0.3, 0.4) is 0 Å². The summed E-state index contributed by atoms with van der Waals surface area (Å²) < 4.78 is 12.2. The Bertz CT molecular complexity index is 495. The topological polar surface area (TPSA) is 18.5 Å². The van der Waals surface area contributed by atoms with Crippen molar-refractivity contribution in [2.24, 2.45) is 0 Å². The van der Waals surface area contributed by atoms with Gasteiger partial charge in [0.25, 0.3) is 0 Å². The van der Waals surface area contributed by atoms with Crippen LogP contribution in [-0.2, 0) is 9.31 Å². The molecule has 2 nitrogen and oxygen atoms in total. The first-order valence-electron chi connectivity index (χ1n) is 8.66. The number of hydrogen-bond donors (Lipinski definition) is 0. The summed E-state index contributed by atoms with van der Waals surface area (Å²) in [6.07, 6.45) is 0.296. The van der Waals surface area contributed by atoms with Gasteiger partial charge >= 0.3 is 7.12 Å². The van der Waals surface area contributed by atoms with Gasteiger partial charge < -0.3 is 9.31 Å². The third-order valence-electron chi connectivity index (χ3n) is 3.91. The highest BCUT2D eigenvalue weighted by molar-refractivity contribution is 6.91. The second-order valence-corrected chi connectivity index (χ2v) is 12.4. The molecule has 0 bridgehead atoms. The fraction of sp³-hybridized carbons (Fsp3) is 0.579. The minimum atomic E-state index is -1.59. The zero-order valence-corrected chi connectivity index (χ0v) is 17.1. The predicted octanol–water partition coefficient (Wildman–Crippen LogP) is 4.82. The molecule has 0 spiro atoms. The standard InChI is InChI=1S/C19H33BO2Si/c1-15(2)19(20(21-16(3)4)22-17(5)6)14-23(7,8)18-12-10-9-11-13-18/h9-13,16-17H,14H2,1-8H3. The Hall–Kier alpha value is -0.838. The summed E-state index contributed by atoms with van der Waals surface area (Å²) in [4.78, 5) is 0. The van der Waals surface area contributed by atoms with Crippen LogP contribution in [0.15, 0.2) is 41.4 Å². The Morgan fingerprint density at radius 1 is 0.957 bits per heavy atom. The monoisotopic (exact) mass is 332 g/mol. The van der Waals surface area contributed by atoms with Gasteiger partial charge in [-0.2, -0.15) is 0 Å². The molecule has 1 aromatic rings. The van der Waals surface area contributed by atoms with Crippen LogP contribution in [0.4, 0.5) is 0 Å². The van der Waals surface area contributed by atoms with Gasteiger partial charge in [0.1, 0.15) is 0 Å². The van der Waals surface area contributed by atoms with Gasteiger partial charge in [0.05, 0.1) is 8.07 Å². The Balaban J connectivity index is 3.07. The molecule has 0 radical (unpaired) electrons. The Morgan fingerprint density at radius 3 is 1.83 bits per heavy atom. The minimum absolute atomic E-state index is 0.148. The maximum atomic E-state index is 6.11. The highest BCUT2D eigenvalue weighted by Crippen LogP contribution is 2.24. The normalized spacial score (nSPS) is 11.9. The van der Waals surface area contributed by atoms with Crippen LogP contribution in [0.2, 0.25) is 19.1 Å². The van der Waals surface area contributed by atoms with Crippen LogP contribution in [0, 0.1) is 0 Å². The van der Waals surface area contributed by atoms with Gasteiger partial charge in [-0.1, -0.05) is 54.2 Å². The van der Waals surface area contributed by atoms with Gasteiger partial charge in [-0.05, 0) is 53.1 Å². The van der Waals surface area contributed by atoms with E-state index in [1.54, 1.807) is 0 Å². The first kappa shape index (κ1) is 20.2. The van der Waals surface area contributed by atoms with E-state index in [1.807, 2.05) is 0 Å². The van der Waals surface area contributed by atoms with Gasteiger partial charge in [-0.3, -0.25) is 0 Å². The molecule has 0 aliphatic heterocycles. The largest absolute Gasteiger partial charge is 0.489 e. The highest BCUT2D eigenvalue weighted by Gasteiger charge is 2.34. The maximum Gasteiger partial charge on any atom is 0.489 e. The van der Waals surface area contributed by atoms with Gasteiger partial charge in [0, 0.05) is 12.2 Å². The Kier molecular flexibility index (Phi) is 7.78. The van der Waals surface area contributed by atoms with Gasteiger partial charge in [-0.15, -0.1) is 0 Å². The molecule has 4 heteroatoms. The zero-order chi connectivity index (χ0) is 17.6. The molecule has 0 aliphatic carbocycles. The maximum absolute atomic E-state index is 6.11. The smallest absolute Gasteiger partial charge is 0.405 e. The van der Waals surface area contributed by atoms with Crippen molar-refractivity contribution >= 4 is 20.4 Å². The zero-order valence-electron chi connectivity index (χ0n) is 16.1. The lowest BCUT2D eigenvalue weighted by atomic mass is 9.75. The van der Waals surface area contributed by atoms with Crippen LogP contribution >= 0.6 is 0 Å². The van der Waals surface area contributed by atoms with Crippen LogP contribution < -0.4 is 5.19 Å². The van der Waals surface area contributed by atoms with E-state index < -0.39 is 8.07 Å². The van der Waals surface area contributed by atoms with E-state index in [0.717, 1.165) is 6.04 Å². The quantitative estimate of drug-likeness (QED) is 0.636. The molecule has 128 valence electrons. The molecule has 23 heavy (non-hydrogen) atoms. The molecular weight excluding hydrogens is 299 g/mol. The average molecular weight is 332 g/mol. The second kappa shape index (κ2) is 8.86. The van der Waals surface area contributed by atoms with E-state index in [2.05, 4.69) is 85.0 Å². The first-order chi connectivity index (χ1) is 10.6. The SMILES string of the molecule is CC(C)=C(C[Si](C)(C)c1ccccc1)B(OC(C)C)OC(C)C. The second-order valence-electron chi connectivity index (χ2n) is 7.65. The number of benzene rings is 1. The lowest BCUT2D eigenvalue weighted by Crippen LogP contribution is -2.44. The molecule has 0 atom stereocenters. The fourth-order valence-corrected chi connectivity index (χ4v) is 5.43. The van der Waals surface area contributed by atoms with Crippen molar-refractivity contribution in [1.29, 1.82) is 0 Å². The van der Waals surface area contributed by atoms with Gasteiger partial charge in [-0.25, -0.2) is 0 Å². The molecule has 0 heterocycles. The molecule has 1 aromatic carbocycles. The average Bonchev–Trinajstić information content (AvgIpc) is 2.44. The van der Waals surface area contributed by atoms with Crippen LogP contribution in [0.5, 0.6) is 0 Å². The molecule has 0 N–H and O–H groups in total.